The van der Waals surface area contributed by atoms with Crippen LogP contribution < -0.4 is 0 Å². The SMILES string of the molecule is [CH2]CCCC[C](OOC(=O)c1ccc(-c2ccccc2)cc1)OOC(=O)c1ccc(-c2ccccc2)cc1. The van der Waals surface area contributed by atoms with Crippen molar-refractivity contribution in [3.8, 4) is 22.3 Å². The molecule has 0 amide bonds. The largest absolute Gasteiger partial charge is 0.373 e. The van der Waals surface area contributed by atoms with Crippen LogP contribution >= 0.6 is 0 Å². The normalized spacial score (nSPS) is 10.8. The molecule has 0 aliphatic carbocycles. The molecule has 0 aromatic heterocycles. The maximum absolute atomic E-state index is 12.5. The Labute approximate surface area is 222 Å². The lowest BCUT2D eigenvalue weighted by atomic mass is 10.0. The minimum absolute atomic E-state index is 0.137. The average molecular weight is 509 g/mol. The molecule has 0 unspecified atom stereocenters. The topological polar surface area (TPSA) is 71.1 Å². The molecule has 0 saturated heterocycles. The van der Waals surface area contributed by atoms with Gasteiger partial charge in [0.2, 0.25) is 0 Å². The van der Waals surface area contributed by atoms with E-state index in [-0.39, 0.29) is 12.7 Å². The molecule has 6 heteroatoms. The summed E-state index contributed by atoms with van der Waals surface area (Å²) in [6.45, 7) is 3.81. The summed E-state index contributed by atoms with van der Waals surface area (Å²) in [5.41, 5.74) is 4.62. The quantitative estimate of drug-likeness (QED) is 0.111. The zero-order valence-electron chi connectivity index (χ0n) is 20.9. The molecular formula is C32H28O6. The molecule has 4 aromatic rings. The molecule has 0 heterocycles. The summed E-state index contributed by atoms with van der Waals surface area (Å²) in [6, 6.07) is 33.5. The van der Waals surface area contributed by atoms with Gasteiger partial charge in [0.05, 0.1) is 11.1 Å². The fourth-order valence-corrected chi connectivity index (χ4v) is 3.67. The van der Waals surface area contributed by atoms with E-state index in [1.165, 1.54) is 0 Å². The zero-order valence-corrected chi connectivity index (χ0v) is 20.9. The van der Waals surface area contributed by atoms with E-state index in [0.717, 1.165) is 28.7 Å². The fourth-order valence-electron chi connectivity index (χ4n) is 3.67. The van der Waals surface area contributed by atoms with Crippen molar-refractivity contribution in [3.05, 3.63) is 134 Å². The second-order valence-corrected chi connectivity index (χ2v) is 8.48. The van der Waals surface area contributed by atoms with Crippen LogP contribution in [0.15, 0.2) is 109 Å². The predicted molar refractivity (Wildman–Crippen MR) is 144 cm³/mol. The second-order valence-electron chi connectivity index (χ2n) is 8.48. The number of carbonyl (C=O) groups excluding carboxylic acids is 2. The molecule has 0 aliphatic rings. The molecule has 0 fully saturated rings. The molecule has 0 saturated carbocycles. The van der Waals surface area contributed by atoms with Gasteiger partial charge in [-0.3, -0.25) is 9.78 Å². The maximum atomic E-state index is 12.5. The van der Waals surface area contributed by atoms with Gasteiger partial charge in [-0.05, 0) is 52.9 Å². The van der Waals surface area contributed by atoms with Crippen molar-refractivity contribution in [1.82, 2.24) is 0 Å². The molecule has 4 aromatic carbocycles. The third-order valence-corrected chi connectivity index (χ3v) is 5.76. The van der Waals surface area contributed by atoms with Gasteiger partial charge >= 0.3 is 18.2 Å². The summed E-state index contributed by atoms with van der Waals surface area (Å²) in [7, 11) is 0. The molecule has 0 atom stereocenters. The van der Waals surface area contributed by atoms with Crippen LogP contribution in [0.5, 0.6) is 0 Å². The smallest absolute Gasteiger partial charge is 0.289 e. The van der Waals surface area contributed by atoms with Crippen LogP contribution in [0.4, 0.5) is 0 Å². The Morgan fingerprint density at radius 3 is 1.29 bits per heavy atom. The maximum Gasteiger partial charge on any atom is 0.373 e. The van der Waals surface area contributed by atoms with Crippen molar-refractivity contribution >= 4 is 11.9 Å². The molecule has 0 spiro atoms. The van der Waals surface area contributed by atoms with Gasteiger partial charge in [0.1, 0.15) is 0 Å². The Bertz CT molecular complexity index is 1190. The van der Waals surface area contributed by atoms with E-state index in [1.54, 1.807) is 24.3 Å². The summed E-state index contributed by atoms with van der Waals surface area (Å²) in [6.07, 6.45) is 2.28. The molecule has 0 N–H and O–H groups in total. The third kappa shape index (κ3) is 7.62. The Morgan fingerprint density at radius 2 is 0.895 bits per heavy atom. The van der Waals surface area contributed by atoms with Crippen LogP contribution in [-0.4, -0.2) is 11.9 Å². The highest BCUT2D eigenvalue weighted by Gasteiger charge is 2.21. The van der Waals surface area contributed by atoms with E-state index in [9.17, 15) is 9.59 Å². The molecule has 0 aliphatic heterocycles. The minimum Gasteiger partial charge on any atom is -0.289 e. The lowest BCUT2D eigenvalue weighted by Gasteiger charge is -2.13. The summed E-state index contributed by atoms with van der Waals surface area (Å²) in [5, 5.41) is 0. The van der Waals surface area contributed by atoms with Crippen LogP contribution in [0.3, 0.4) is 0 Å². The second kappa shape index (κ2) is 13.9. The van der Waals surface area contributed by atoms with Crippen LogP contribution in [0.1, 0.15) is 46.4 Å². The van der Waals surface area contributed by atoms with Crippen LogP contribution in [0, 0.1) is 13.2 Å². The molecule has 4 rings (SSSR count). The average Bonchev–Trinajstić information content (AvgIpc) is 2.99. The molecule has 6 nitrogen and oxygen atoms in total. The first kappa shape index (κ1) is 26.8. The first-order valence-corrected chi connectivity index (χ1v) is 12.4. The van der Waals surface area contributed by atoms with Crippen molar-refractivity contribution in [2.45, 2.75) is 25.7 Å². The molecule has 0 bridgehead atoms. The molecule has 192 valence electrons. The van der Waals surface area contributed by atoms with Crippen molar-refractivity contribution in [2.75, 3.05) is 0 Å². The fraction of sp³-hybridized carbons (Fsp3) is 0.125. The third-order valence-electron chi connectivity index (χ3n) is 5.76. The lowest BCUT2D eigenvalue weighted by molar-refractivity contribution is -0.363. The van der Waals surface area contributed by atoms with Crippen molar-refractivity contribution in [3.63, 3.8) is 0 Å². The van der Waals surface area contributed by atoms with E-state index in [0.29, 0.717) is 24.0 Å². The number of hydrogen-bond acceptors (Lipinski definition) is 6. The van der Waals surface area contributed by atoms with Gasteiger partial charge in [0, 0.05) is 6.42 Å². The molecule has 38 heavy (non-hydrogen) atoms. The highest BCUT2D eigenvalue weighted by molar-refractivity contribution is 5.90. The van der Waals surface area contributed by atoms with E-state index < -0.39 is 11.9 Å². The number of benzene rings is 4. The summed E-state index contributed by atoms with van der Waals surface area (Å²) in [5.74, 6) is -1.41. The van der Waals surface area contributed by atoms with Gasteiger partial charge in [-0.25, -0.2) is 9.59 Å². The number of hydrogen-bond donors (Lipinski definition) is 0. The Balaban J connectivity index is 1.31. The first-order chi connectivity index (χ1) is 18.6. The number of carbonyl (C=O) groups is 2. The van der Waals surface area contributed by atoms with Crippen molar-refractivity contribution in [2.24, 2.45) is 0 Å². The van der Waals surface area contributed by atoms with E-state index in [4.69, 9.17) is 19.6 Å². The zero-order chi connectivity index (χ0) is 26.6. The van der Waals surface area contributed by atoms with Gasteiger partial charge in [0.25, 0.3) is 0 Å². The Hall–Kier alpha value is -4.26. The van der Waals surface area contributed by atoms with E-state index >= 15 is 0 Å². The van der Waals surface area contributed by atoms with Gasteiger partial charge in [-0.15, -0.1) is 9.78 Å². The van der Waals surface area contributed by atoms with Crippen molar-refractivity contribution < 1.29 is 29.1 Å². The lowest BCUT2D eigenvalue weighted by Crippen LogP contribution is -2.16. The van der Waals surface area contributed by atoms with Crippen LogP contribution in [0.25, 0.3) is 22.3 Å². The van der Waals surface area contributed by atoms with Crippen LogP contribution in [0.2, 0.25) is 0 Å². The number of unbranched alkanes of at least 4 members (excludes halogenated alkanes) is 2. The van der Waals surface area contributed by atoms with Gasteiger partial charge < -0.3 is 0 Å². The Morgan fingerprint density at radius 1 is 0.500 bits per heavy atom. The summed E-state index contributed by atoms with van der Waals surface area (Å²) < 4.78 is 0. The van der Waals surface area contributed by atoms with E-state index in [2.05, 4.69) is 6.92 Å². The Kier molecular flexibility index (Phi) is 9.79. The van der Waals surface area contributed by atoms with Crippen molar-refractivity contribution in [1.29, 1.82) is 0 Å². The first-order valence-electron chi connectivity index (χ1n) is 12.4. The molecule has 2 radical (unpaired) electrons. The van der Waals surface area contributed by atoms with Crippen LogP contribution in [-0.2, 0) is 19.6 Å². The highest BCUT2D eigenvalue weighted by Crippen LogP contribution is 2.23. The summed E-state index contributed by atoms with van der Waals surface area (Å²) >= 11 is 0. The molecular weight excluding hydrogens is 480 g/mol. The predicted octanol–water partition coefficient (Wildman–Crippen LogP) is 7.78. The highest BCUT2D eigenvalue weighted by atomic mass is 17.3. The van der Waals surface area contributed by atoms with E-state index in [1.807, 2.05) is 84.9 Å². The monoisotopic (exact) mass is 508 g/mol. The minimum atomic E-state index is -0.703. The van der Waals surface area contributed by atoms with Gasteiger partial charge in [-0.2, -0.15) is 0 Å². The van der Waals surface area contributed by atoms with Gasteiger partial charge in [-0.1, -0.05) is 105 Å². The number of rotatable bonds is 12. The standard InChI is InChI=1S/C32H28O6/c1-2-3-6-15-30(35-37-31(33)28-20-16-26(17-21-28)24-11-7-4-8-12-24)36-38-32(34)29-22-18-27(19-23-29)25-13-9-5-10-14-25/h4-5,7-14,16-23H,1-3,6,15H2. The summed E-state index contributed by atoms with van der Waals surface area (Å²) in [4.78, 5) is 45.2. The van der Waals surface area contributed by atoms with Gasteiger partial charge in [0.15, 0.2) is 0 Å².